The summed E-state index contributed by atoms with van der Waals surface area (Å²) in [6.07, 6.45) is 0. The minimum atomic E-state index is -0.463. The van der Waals surface area contributed by atoms with Crippen molar-refractivity contribution in [1.29, 1.82) is 0 Å². The lowest BCUT2D eigenvalue weighted by molar-refractivity contribution is -0.385. The first-order chi connectivity index (χ1) is 5.13. The molecule has 1 rings (SSSR count). The Hall–Kier alpha value is -1.09. The molecule has 1 radical (unpaired) electrons. The highest BCUT2D eigenvalue weighted by molar-refractivity contribution is 6.31. The monoisotopic (exact) mass is 170 g/mol. The second-order valence-corrected chi connectivity index (χ2v) is 2.44. The van der Waals surface area contributed by atoms with Gasteiger partial charge in [0.25, 0.3) is 5.69 Å². The van der Waals surface area contributed by atoms with Crippen LogP contribution in [-0.2, 0) is 0 Å². The SMILES string of the molecule is Cc1c(Cl)[c]ccc1[N+](=O)[O-]. The van der Waals surface area contributed by atoms with E-state index < -0.39 is 4.92 Å². The van der Waals surface area contributed by atoms with E-state index in [2.05, 4.69) is 6.07 Å². The van der Waals surface area contributed by atoms with Gasteiger partial charge in [-0.1, -0.05) is 11.6 Å². The predicted octanol–water partition coefficient (Wildman–Crippen LogP) is 2.36. The molecule has 0 saturated heterocycles. The molecule has 0 fully saturated rings. The summed E-state index contributed by atoms with van der Waals surface area (Å²) in [4.78, 5) is 9.84. The molecule has 4 heteroatoms. The van der Waals surface area contributed by atoms with E-state index in [1.807, 2.05) is 0 Å². The van der Waals surface area contributed by atoms with Gasteiger partial charge in [0.1, 0.15) is 0 Å². The number of hydrogen-bond acceptors (Lipinski definition) is 2. The molecule has 1 aromatic carbocycles. The first-order valence-electron chi connectivity index (χ1n) is 2.94. The van der Waals surface area contributed by atoms with Gasteiger partial charge in [-0.05, 0) is 13.0 Å². The van der Waals surface area contributed by atoms with E-state index in [0.717, 1.165) is 0 Å². The summed E-state index contributed by atoms with van der Waals surface area (Å²) in [6.45, 7) is 1.59. The largest absolute Gasteiger partial charge is 0.273 e. The maximum Gasteiger partial charge on any atom is 0.273 e. The second kappa shape index (κ2) is 2.88. The van der Waals surface area contributed by atoms with Crippen molar-refractivity contribution in [3.8, 4) is 0 Å². The zero-order valence-corrected chi connectivity index (χ0v) is 6.55. The van der Waals surface area contributed by atoms with Crippen LogP contribution in [0.1, 0.15) is 5.56 Å². The lowest BCUT2D eigenvalue weighted by Crippen LogP contribution is -1.91. The molecule has 1 aromatic rings. The third kappa shape index (κ3) is 1.49. The van der Waals surface area contributed by atoms with E-state index in [4.69, 9.17) is 11.6 Å². The summed E-state index contributed by atoms with van der Waals surface area (Å²) in [5.74, 6) is 0. The quantitative estimate of drug-likeness (QED) is 0.480. The number of rotatable bonds is 1. The van der Waals surface area contributed by atoms with Gasteiger partial charge in [-0.3, -0.25) is 10.1 Å². The first kappa shape index (κ1) is 8.01. The Morgan fingerprint density at radius 1 is 1.73 bits per heavy atom. The molecule has 0 atom stereocenters. The minimum absolute atomic E-state index is 0.0359. The molecule has 0 aliphatic rings. The van der Waals surface area contributed by atoms with Crippen molar-refractivity contribution in [2.45, 2.75) is 6.92 Å². The number of benzene rings is 1. The summed E-state index contributed by atoms with van der Waals surface area (Å²) in [5.41, 5.74) is 0.493. The van der Waals surface area contributed by atoms with Crippen molar-refractivity contribution in [3.05, 3.63) is 38.9 Å². The Balaban J connectivity index is 3.27. The second-order valence-electron chi connectivity index (χ2n) is 2.06. The summed E-state index contributed by atoms with van der Waals surface area (Å²) in [6, 6.07) is 5.47. The molecule has 0 unspecified atom stereocenters. The van der Waals surface area contributed by atoms with Crippen molar-refractivity contribution in [3.63, 3.8) is 0 Å². The third-order valence-corrected chi connectivity index (χ3v) is 1.75. The molecular weight excluding hydrogens is 166 g/mol. The van der Waals surface area contributed by atoms with Gasteiger partial charge in [0.15, 0.2) is 0 Å². The summed E-state index contributed by atoms with van der Waals surface area (Å²) in [5, 5.41) is 10.6. The molecule has 0 amide bonds. The zero-order valence-electron chi connectivity index (χ0n) is 5.80. The Kier molecular flexibility index (Phi) is 2.10. The Morgan fingerprint density at radius 3 is 2.82 bits per heavy atom. The highest BCUT2D eigenvalue weighted by atomic mass is 35.5. The van der Waals surface area contributed by atoms with Crippen molar-refractivity contribution in [2.24, 2.45) is 0 Å². The van der Waals surface area contributed by atoms with Crippen LogP contribution >= 0.6 is 11.6 Å². The normalized spacial score (nSPS) is 9.64. The standard InChI is InChI=1S/C7H5ClNO2/c1-5-6(8)3-2-4-7(5)9(10)11/h2,4H,1H3. The topological polar surface area (TPSA) is 43.1 Å². The van der Waals surface area contributed by atoms with Gasteiger partial charge in [-0.15, -0.1) is 0 Å². The van der Waals surface area contributed by atoms with Gasteiger partial charge in [0, 0.05) is 17.7 Å². The average Bonchev–Trinajstić information content (AvgIpc) is 1.94. The number of hydrogen-bond donors (Lipinski definition) is 0. The molecule has 0 bridgehead atoms. The number of nitro benzene ring substituents is 1. The van der Waals surface area contributed by atoms with Crippen LogP contribution in [0.25, 0.3) is 0 Å². The Bertz CT molecular complexity index is 298. The predicted molar refractivity (Wildman–Crippen MR) is 41.7 cm³/mol. The number of nitro groups is 1. The highest BCUT2D eigenvalue weighted by Gasteiger charge is 2.11. The van der Waals surface area contributed by atoms with Gasteiger partial charge in [0.2, 0.25) is 0 Å². The van der Waals surface area contributed by atoms with Crippen LogP contribution in [0.2, 0.25) is 5.02 Å². The number of halogens is 1. The lowest BCUT2D eigenvalue weighted by atomic mass is 10.2. The summed E-state index contributed by atoms with van der Waals surface area (Å²) < 4.78 is 0. The molecule has 0 aliphatic carbocycles. The first-order valence-corrected chi connectivity index (χ1v) is 3.32. The summed E-state index contributed by atoms with van der Waals surface area (Å²) >= 11 is 5.60. The Morgan fingerprint density at radius 2 is 2.36 bits per heavy atom. The number of nitrogens with zero attached hydrogens (tertiary/aromatic N) is 1. The summed E-state index contributed by atoms with van der Waals surface area (Å²) in [7, 11) is 0. The van der Waals surface area contributed by atoms with Crippen molar-refractivity contribution >= 4 is 17.3 Å². The fourth-order valence-corrected chi connectivity index (χ4v) is 0.897. The zero-order chi connectivity index (χ0) is 8.43. The highest BCUT2D eigenvalue weighted by Crippen LogP contribution is 2.23. The van der Waals surface area contributed by atoms with E-state index in [1.54, 1.807) is 6.92 Å². The minimum Gasteiger partial charge on any atom is -0.258 e. The van der Waals surface area contributed by atoms with Gasteiger partial charge in [0.05, 0.1) is 9.95 Å². The molecule has 0 spiro atoms. The molecule has 57 valence electrons. The van der Waals surface area contributed by atoms with Crippen molar-refractivity contribution < 1.29 is 4.92 Å². The third-order valence-electron chi connectivity index (χ3n) is 1.36. The van der Waals surface area contributed by atoms with E-state index in [-0.39, 0.29) is 5.69 Å². The molecular formula is C7H5ClNO2. The van der Waals surface area contributed by atoms with Crippen LogP contribution in [0, 0.1) is 23.1 Å². The fourth-order valence-electron chi connectivity index (χ4n) is 0.737. The lowest BCUT2D eigenvalue weighted by Gasteiger charge is -1.96. The molecule has 0 aromatic heterocycles. The fraction of sp³-hybridized carbons (Fsp3) is 0.143. The van der Waals surface area contributed by atoms with Crippen LogP contribution in [0.3, 0.4) is 0 Å². The van der Waals surface area contributed by atoms with Crippen molar-refractivity contribution in [1.82, 2.24) is 0 Å². The smallest absolute Gasteiger partial charge is 0.258 e. The van der Waals surface area contributed by atoms with E-state index in [0.29, 0.717) is 10.6 Å². The van der Waals surface area contributed by atoms with E-state index in [9.17, 15) is 10.1 Å². The molecule has 11 heavy (non-hydrogen) atoms. The van der Waals surface area contributed by atoms with Crippen LogP contribution in [-0.4, -0.2) is 4.92 Å². The van der Waals surface area contributed by atoms with E-state index in [1.165, 1.54) is 12.1 Å². The molecule has 0 saturated carbocycles. The Labute approximate surface area is 68.8 Å². The molecule has 0 heterocycles. The maximum absolute atomic E-state index is 10.3. The molecule has 0 aliphatic heterocycles. The van der Waals surface area contributed by atoms with Crippen LogP contribution in [0.15, 0.2) is 12.1 Å². The maximum atomic E-state index is 10.3. The average molecular weight is 171 g/mol. The molecule has 3 nitrogen and oxygen atoms in total. The van der Waals surface area contributed by atoms with Gasteiger partial charge in [-0.2, -0.15) is 0 Å². The van der Waals surface area contributed by atoms with Crippen LogP contribution < -0.4 is 0 Å². The van der Waals surface area contributed by atoms with Crippen LogP contribution in [0.5, 0.6) is 0 Å². The van der Waals surface area contributed by atoms with Gasteiger partial charge < -0.3 is 0 Å². The van der Waals surface area contributed by atoms with Crippen LogP contribution in [0.4, 0.5) is 5.69 Å². The van der Waals surface area contributed by atoms with E-state index >= 15 is 0 Å². The van der Waals surface area contributed by atoms with Gasteiger partial charge >= 0.3 is 0 Å². The van der Waals surface area contributed by atoms with Crippen molar-refractivity contribution in [2.75, 3.05) is 0 Å². The van der Waals surface area contributed by atoms with Gasteiger partial charge in [-0.25, -0.2) is 0 Å². The molecule has 0 N–H and O–H groups in total.